The summed E-state index contributed by atoms with van der Waals surface area (Å²) in [4.78, 5) is 15.9. The molecule has 0 heterocycles. The number of guanidine groups is 1. The molecule has 7 nitrogen and oxygen atoms in total. The number of aliphatic imine (C=N–C) groups is 1. The number of halogens is 1. The summed E-state index contributed by atoms with van der Waals surface area (Å²) in [6, 6.07) is 6.20. The molecule has 3 N–H and O–H groups in total. The van der Waals surface area contributed by atoms with Gasteiger partial charge in [-0.05, 0) is 25.0 Å². The Kier molecular flexibility index (Phi) is 16.4. The van der Waals surface area contributed by atoms with Crippen LogP contribution < -0.4 is 20.7 Å². The van der Waals surface area contributed by atoms with Gasteiger partial charge < -0.3 is 25.4 Å². The fourth-order valence-corrected chi connectivity index (χ4v) is 2.57. The van der Waals surface area contributed by atoms with Crippen LogP contribution in [0.4, 0.5) is 0 Å². The second-order valence-electron chi connectivity index (χ2n) is 6.64. The quantitative estimate of drug-likeness (QED) is 0.161. The summed E-state index contributed by atoms with van der Waals surface area (Å²) in [5.41, 5.74) is 2.23. The smallest absolute Gasteiger partial charge is 0.239 e. The Morgan fingerprint density at radius 2 is 1.90 bits per heavy atom. The van der Waals surface area contributed by atoms with E-state index in [1.54, 1.807) is 14.2 Å². The van der Waals surface area contributed by atoms with Crippen LogP contribution in [0.5, 0.6) is 5.75 Å². The molecule has 0 spiro atoms. The van der Waals surface area contributed by atoms with E-state index in [1.165, 1.54) is 24.8 Å². The van der Waals surface area contributed by atoms with Crippen molar-refractivity contribution in [3.63, 3.8) is 0 Å². The van der Waals surface area contributed by atoms with Gasteiger partial charge in [0, 0.05) is 32.8 Å². The largest absolute Gasteiger partial charge is 0.493 e. The Balaban J connectivity index is 0.00000784. The molecular weight excluding hydrogens is 483 g/mol. The standard InChI is InChI=1S/C21H36N4O3.HI/c1-5-6-7-8-12-28-19-14-17(2)9-10-18(19)15-24-21(22-3)25-16-20(26)23-11-13-27-4;/h9-10,14H,5-8,11-13,15-16H2,1-4H3,(H,23,26)(H2,22,24,25);1H. The molecule has 0 saturated carbocycles. The molecule has 0 fully saturated rings. The minimum Gasteiger partial charge on any atom is -0.493 e. The summed E-state index contributed by atoms with van der Waals surface area (Å²) in [6.07, 6.45) is 4.72. The number of hydrogen-bond acceptors (Lipinski definition) is 4. The molecule has 0 unspecified atom stereocenters. The minimum atomic E-state index is -0.105. The van der Waals surface area contributed by atoms with E-state index in [9.17, 15) is 4.79 Å². The van der Waals surface area contributed by atoms with Crippen LogP contribution in [0.3, 0.4) is 0 Å². The van der Waals surface area contributed by atoms with Gasteiger partial charge in [0.25, 0.3) is 0 Å². The first kappa shape index (κ1) is 27.5. The number of amides is 1. The SMILES string of the molecule is CCCCCCOc1cc(C)ccc1CNC(=NC)NCC(=O)NCCOC.I. The van der Waals surface area contributed by atoms with Gasteiger partial charge in [0.05, 0.1) is 19.8 Å². The van der Waals surface area contributed by atoms with Gasteiger partial charge in [-0.15, -0.1) is 24.0 Å². The number of unbranched alkanes of at least 4 members (excludes halogenated alkanes) is 3. The van der Waals surface area contributed by atoms with Gasteiger partial charge in [-0.3, -0.25) is 9.79 Å². The van der Waals surface area contributed by atoms with Crippen molar-refractivity contribution in [1.82, 2.24) is 16.0 Å². The maximum Gasteiger partial charge on any atom is 0.239 e. The summed E-state index contributed by atoms with van der Waals surface area (Å²) in [5.74, 6) is 1.36. The molecule has 1 aromatic rings. The highest BCUT2D eigenvalue weighted by atomic mass is 127. The average molecular weight is 520 g/mol. The third kappa shape index (κ3) is 12.6. The maximum absolute atomic E-state index is 11.8. The number of ether oxygens (including phenoxy) is 2. The van der Waals surface area contributed by atoms with Crippen LogP contribution >= 0.6 is 24.0 Å². The number of nitrogens with one attached hydrogen (secondary N) is 3. The van der Waals surface area contributed by atoms with E-state index in [4.69, 9.17) is 9.47 Å². The topological polar surface area (TPSA) is 84.0 Å². The highest BCUT2D eigenvalue weighted by molar-refractivity contribution is 14.0. The summed E-state index contributed by atoms with van der Waals surface area (Å²) in [7, 11) is 3.28. The molecule has 1 aromatic carbocycles. The van der Waals surface area contributed by atoms with Crippen LogP contribution in [0.15, 0.2) is 23.2 Å². The van der Waals surface area contributed by atoms with Crippen LogP contribution in [0.25, 0.3) is 0 Å². The molecule has 0 aliphatic heterocycles. The predicted molar refractivity (Wildman–Crippen MR) is 129 cm³/mol. The third-order valence-corrected chi connectivity index (χ3v) is 4.19. The summed E-state index contributed by atoms with van der Waals surface area (Å²) in [5, 5.41) is 9.00. The molecule has 8 heteroatoms. The lowest BCUT2D eigenvalue weighted by molar-refractivity contribution is -0.120. The zero-order valence-corrected chi connectivity index (χ0v) is 20.5. The Morgan fingerprint density at radius 3 is 2.59 bits per heavy atom. The molecule has 0 aromatic heterocycles. The Morgan fingerprint density at radius 1 is 1.10 bits per heavy atom. The fraction of sp³-hybridized carbons (Fsp3) is 0.619. The molecular formula is C21H37IN4O3. The molecule has 1 rings (SSSR count). The summed E-state index contributed by atoms with van der Waals surface area (Å²) >= 11 is 0. The number of carbonyl (C=O) groups is 1. The second kappa shape index (κ2) is 17.3. The minimum absolute atomic E-state index is 0. The molecule has 0 radical (unpaired) electrons. The van der Waals surface area contributed by atoms with Crippen molar-refractivity contribution in [2.75, 3.05) is 40.5 Å². The van der Waals surface area contributed by atoms with Gasteiger partial charge in [-0.1, -0.05) is 38.3 Å². The van der Waals surface area contributed by atoms with Crippen molar-refractivity contribution in [3.8, 4) is 5.75 Å². The van der Waals surface area contributed by atoms with Gasteiger partial charge in [0.15, 0.2) is 5.96 Å². The number of methoxy groups -OCH3 is 1. The van der Waals surface area contributed by atoms with Gasteiger partial charge in [-0.25, -0.2) is 0 Å². The van der Waals surface area contributed by atoms with Gasteiger partial charge in [-0.2, -0.15) is 0 Å². The highest BCUT2D eigenvalue weighted by Gasteiger charge is 2.07. The third-order valence-electron chi connectivity index (χ3n) is 4.19. The first-order valence-electron chi connectivity index (χ1n) is 10.0. The average Bonchev–Trinajstić information content (AvgIpc) is 2.69. The Bertz CT molecular complexity index is 612. The van der Waals surface area contributed by atoms with E-state index in [2.05, 4.69) is 53.0 Å². The second-order valence-corrected chi connectivity index (χ2v) is 6.64. The van der Waals surface area contributed by atoms with E-state index in [1.807, 2.05) is 0 Å². The van der Waals surface area contributed by atoms with Gasteiger partial charge >= 0.3 is 0 Å². The highest BCUT2D eigenvalue weighted by Crippen LogP contribution is 2.20. The zero-order chi connectivity index (χ0) is 20.6. The number of nitrogens with zero attached hydrogens (tertiary/aromatic N) is 1. The van der Waals surface area contributed by atoms with E-state index in [0.29, 0.717) is 25.7 Å². The molecule has 0 atom stereocenters. The van der Waals surface area contributed by atoms with E-state index >= 15 is 0 Å². The molecule has 1 amide bonds. The number of rotatable bonds is 13. The Hall–Kier alpha value is -1.55. The van der Waals surface area contributed by atoms with Crippen molar-refractivity contribution in [3.05, 3.63) is 29.3 Å². The van der Waals surface area contributed by atoms with Gasteiger partial charge in [0.2, 0.25) is 5.91 Å². The van der Waals surface area contributed by atoms with Crippen LogP contribution in [0.1, 0.15) is 43.7 Å². The number of aryl methyl sites for hydroxylation is 1. The summed E-state index contributed by atoms with van der Waals surface area (Å²) < 4.78 is 10.9. The van der Waals surface area contributed by atoms with Crippen molar-refractivity contribution in [2.45, 2.75) is 46.1 Å². The number of benzene rings is 1. The van der Waals surface area contributed by atoms with Crippen molar-refractivity contribution in [1.29, 1.82) is 0 Å². The molecule has 166 valence electrons. The van der Waals surface area contributed by atoms with E-state index in [0.717, 1.165) is 24.3 Å². The van der Waals surface area contributed by atoms with Crippen molar-refractivity contribution in [2.24, 2.45) is 4.99 Å². The summed E-state index contributed by atoms with van der Waals surface area (Å²) in [6.45, 7) is 6.69. The van der Waals surface area contributed by atoms with Crippen LogP contribution in [0.2, 0.25) is 0 Å². The van der Waals surface area contributed by atoms with E-state index < -0.39 is 0 Å². The lowest BCUT2D eigenvalue weighted by atomic mass is 10.1. The predicted octanol–water partition coefficient (Wildman–Crippen LogP) is 3.00. The lowest BCUT2D eigenvalue weighted by Gasteiger charge is -2.15. The van der Waals surface area contributed by atoms with Crippen LogP contribution in [-0.4, -0.2) is 52.3 Å². The molecule has 29 heavy (non-hydrogen) atoms. The first-order chi connectivity index (χ1) is 13.6. The molecule has 0 saturated heterocycles. The van der Waals surface area contributed by atoms with Gasteiger partial charge in [0.1, 0.15) is 5.75 Å². The number of carbonyl (C=O) groups excluding carboxylic acids is 1. The normalized spacial score (nSPS) is 10.8. The molecule has 0 aliphatic carbocycles. The Labute approximate surface area is 192 Å². The van der Waals surface area contributed by atoms with Crippen LogP contribution in [-0.2, 0) is 16.1 Å². The van der Waals surface area contributed by atoms with Crippen molar-refractivity contribution < 1.29 is 14.3 Å². The maximum atomic E-state index is 11.8. The fourth-order valence-electron chi connectivity index (χ4n) is 2.57. The molecule has 0 aliphatic rings. The molecule has 0 bridgehead atoms. The van der Waals surface area contributed by atoms with E-state index in [-0.39, 0.29) is 36.4 Å². The monoisotopic (exact) mass is 520 g/mol. The number of hydrogen-bond donors (Lipinski definition) is 3. The lowest BCUT2D eigenvalue weighted by Crippen LogP contribution is -2.43. The first-order valence-corrected chi connectivity index (χ1v) is 10.0. The van der Waals surface area contributed by atoms with Crippen molar-refractivity contribution >= 4 is 35.8 Å². The zero-order valence-electron chi connectivity index (χ0n) is 18.2. The van der Waals surface area contributed by atoms with Crippen LogP contribution in [0, 0.1) is 6.92 Å².